The molecular weight excluding hydrogens is 228 g/mol. The van der Waals surface area contributed by atoms with E-state index in [1.807, 2.05) is 12.1 Å². The molecule has 0 spiro atoms. The molecule has 0 aliphatic heterocycles. The summed E-state index contributed by atoms with van der Waals surface area (Å²) in [4.78, 5) is 11.4. The fourth-order valence-electron chi connectivity index (χ4n) is 2.37. The lowest BCUT2D eigenvalue weighted by Gasteiger charge is -2.14. The maximum atomic E-state index is 11.4. The second kappa shape index (κ2) is 5.54. The zero-order valence-corrected chi connectivity index (χ0v) is 10.3. The van der Waals surface area contributed by atoms with Gasteiger partial charge in [-0.1, -0.05) is 0 Å². The van der Waals surface area contributed by atoms with Crippen LogP contribution in [0.5, 0.6) is 0 Å². The highest BCUT2D eigenvalue weighted by molar-refractivity contribution is 5.72. The molecule has 1 aliphatic rings. The van der Waals surface area contributed by atoms with Crippen molar-refractivity contribution < 1.29 is 9.53 Å². The molecule has 0 unspecified atom stereocenters. The van der Waals surface area contributed by atoms with Gasteiger partial charge in [-0.2, -0.15) is 5.26 Å². The molecule has 4 nitrogen and oxygen atoms in total. The third kappa shape index (κ3) is 2.80. The van der Waals surface area contributed by atoms with Crippen LogP contribution >= 0.6 is 0 Å². The normalized spacial score (nSPS) is 22.2. The van der Waals surface area contributed by atoms with Crippen LogP contribution < -0.4 is 5.32 Å². The molecule has 2 rings (SSSR count). The summed E-state index contributed by atoms with van der Waals surface area (Å²) in [6, 6.07) is 9.76. The molecule has 0 radical (unpaired) electrons. The molecule has 2 atom stereocenters. The number of benzene rings is 1. The Kier molecular flexibility index (Phi) is 3.83. The lowest BCUT2D eigenvalue weighted by Crippen LogP contribution is -2.18. The van der Waals surface area contributed by atoms with Gasteiger partial charge in [0.25, 0.3) is 0 Å². The molecule has 4 heteroatoms. The first kappa shape index (κ1) is 12.4. The summed E-state index contributed by atoms with van der Waals surface area (Å²) in [7, 11) is 1.43. The van der Waals surface area contributed by atoms with Crippen molar-refractivity contribution in [3.05, 3.63) is 29.8 Å². The topological polar surface area (TPSA) is 62.1 Å². The van der Waals surface area contributed by atoms with Crippen molar-refractivity contribution >= 4 is 11.7 Å². The molecule has 0 heterocycles. The second-order valence-electron chi connectivity index (χ2n) is 4.56. The number of nitriles is 1. The van der Waals surface area contributed by atoms with Crippen molar-refractivity contribution in [2.75, 3.05) is 12.4 Å². The molecule has 94 valence electrons. The van der Waals surface area contributed by atoms with Crippen LogP contribution in [0.15, 0.2) is 24.3 Å². The SMILES string of the molecule is COC(=O)[C@@H]1CC[C@H](Nc2ccc(C#N)cc2)C1. The number of rotatable bonds is 3. The maximum absolute atomic E-state index is 11.4. The van der Waals surface area contributed by atoms with Gasteiger partial charge in [0, 0.05) is 11.7 Å². The molecule has 1 aromatic carbocycles. The number of hydrogen-bond donors (Lipinski definition) is 1. The maximum Gasteiger partial charge on any atom is 0.308 e. The molecule has 1 saturated carbocycles. The summed E-state index contributed by atoms with van der Waals surface area (Å²) in [5.74, 6) is -0.0926. The molecule has 1 N–H and O–H groups in total. The summed E-state index contributed by atoms with van der Waals surface area (Å²) in [5, 5.41) is 12.1. The molecule has 0 aromatic heterocycles. The van der Waals surface area contributed by atoms with Gasteiger partial charge >= 0.3 is 5.97 Å². The Morgan fingerprint density at radius 1 is 1.39 bits per heavy atom. The Labute approximate surface area is 107 Å². The van der Waals surface area contributed by atoms with Crippen molar-refractivity contribution in [3.8, 4) is 6.07 Å². The Hall–Kier alpha value is -2.02. The predicted octanol–water partition coefficient (Wildman–Crippen LogP) is 2.31. The molecule has 18 heavy (non-hydrogen) atoms. The second-order valence-corrected chi connectivity index (χ2v) is 4.56. The molecule has 0 saturated heterocycles. The van der Waals surface area contributed by atoms with E-state index in [9.17, 15) is 4.79 Å². The van der Waals surface area contributed by atoms with Gasteiger partial charge in [0.15, 0.2) is 0 Å². The fourth-order valence-corrected chi connectivity index (χ4v) is 2.37. The third-order valence-electron chi connectivity index (χ3n) is 3.35. The molecule has 0 amide bonds. The molecule has 1 aromatic rings. The Balaban J connectivity index is 1.91. The first-order chi connectivity index (χ1) is 8.72. The first-order valence-electron chi connectivity index (χ1n) is 6.07. The van der Waals surface area contributed by atoms with Crippen molar-refractivity contribution in [3.63, 3.8) is 0 Å². The van der Waals surface area contributed by atoms with E-state index in [1.54, 1.807) is 12.1 Å². The molecular formula is C14H16N2O2. The summed E-state index contributed by atoms with van der Waals surface area (Å²) in [5.41, 5.74) is 1.64. The van der Waals surface area contributed by atoms with Crippen LogP contribution in [-0.2, 0) is 9.53 Å². The van der Waals surface area contributed by atoms with Gasteiger partial charge in [-0.25, -0.2) is 0 Å². The highest BCUT2D eigenvalue weighted by Gasteiger charge is 2.30. The summed E-state index contributed by atoms with van der Waals surface area (Å²) >= 11 is 0. The van der Waals surface area contributed by atoms with Gasteiger partial charge in [-0.05, 0) is 43.5 Å². The number of carbonyl (C=O) groups excluding carboxylic acids is 1. The quantitative estimate of drug-likeness (QED) is 0.829. The van der Waals surface area contributed by atoms with Crippen LogP contribution in [0, 0.1) is 17.2 Å². The lowest BCUT2D eigenvalue weighted by molar-refractivity contribution is -0.145. The Morgan fingerprint density at radius 2 is 2.11 bits per heavy atom. The zero-order chi connectivity index (χ0) is 13.0. The minimum atomic E-state index is -0.112. The molecule has 1 aliphatic carbocycles. The number of esters is 1. The van der Waals surface area contributed by atoms with E-state index in [0.29, 0.717) is 11.6 Å². The predicted molar refractivity (Wildman–Crippen MR) is 67.9 cm³/mol. The summed E-state index contributed by atoms with van der Waals surface area (Å²) in [6.45, 7) is 0. The van der Waals surface area contributed by atoms with Crippen LogP contribution in [0.4, 0.5) is 5.69 Å². The third-order valence-corrected chi connectivity index (χ3v) is 3.35. The van der Waals surface area contributed by atoms with E-state index in [0.717, 1.165) is 24.9 Å². The van der Waals surface area contributed by atoms with Gasteiger partial charge in [-0.3, -0.25) is 4.79 Å². The largest absolute Gasteiger partial charge is 0.469 e. The standard InChI is InChI=1S/C14H16N2O2/c1-18-14(17)11-4-7-13(8-11)16-12-5-2-10(9-15)3-6-12/h2-3,5-6,11,13,16H,4,7-8H2,1H3/t11-,13+/m1/s1. The van der Waals surface area contributed by atoms with Gasteiger partial charge in [0.05, 0.1) is 24.7 Å². The summed E-state index contributed by atoms with van der Waals surface area (Å²) in [6.07, 6.45) is 2.66. The van der Waals surface area contributed by atoms with Crippen molar-refractivity contribution in [2.45, 2.75) is 25.3 Å². The highest BCUT2D eigenvalue weighted by Crippen LogP contribution is 2.29. The van der Waals surface area contributed by atoms with E-state index in [2.05, 4.69) is 11.4 Å². The van der Waals surface area contributed by atoms with Gasteiger partial charge < -0.3 is 10.1 Å². The number of ether oxygens (including phenoxy) is 1. The number of nitrogens with zero attached hydrogens (tertiary/aromatic N) is 1. The number of anilines is 1. The van der Waals surface area contributed by atoms with Gasteiger partial charge in [0.1, 0.15) is 0 Å². The van der Waals surface area contributed by atoms with Crippen LogP contribution in [0.3, 0.4) is 0 Å². The minimum absolute atomic E-state index is 0.0193. The van der Waals surface area contributed by atoms with E-state index in [-0.39, 0.29) is 11.9 Å². The lowest BCUT2D eigenvalue weighted by atomic mass is 10.1. The number of hydrogen-bond acceptors (Lipinski definition) is 4. The van der Waals surface area contributed by atoms with E-state index < -0.39 is 0 Å². The van der Waals surface area contributed by atoms with Crippen molar-refractivity contribution in [1.82, 2.24) is 0 Å². The summed E-state index contributed by atoms with van der Waals surface area (Å²) < 4.78 is 4.76. The fraction of sp³-hybridized carbons (Fsp3) is 0.429. The Bertz CT molecular complexity index is 462. The van der Waals surface area contributed by atoms with E-state index in [4.69, 9.17) is 10.00 Å². The average molecular weight is 244 g/mol. The average Bonchev–Trinajstić information content (AvgIpc) is 2.87. The highest BCUT2D eigenvalue weighted by atomic mass is 16.5. The zero-order valence-electron chi connectivity index (χ0n) is 10.3. The number of carbonyl (C=O) groups is 1. The molecule has 1 fully saturated rings. The minimum Gasteiger partial charge on any atom is -0.469 e. The monoisotopic (exact) mass is 244 g/mol. The van der Waals surface area contributed by atoms with E-state index >= 15 is 0 Å². The van der Waals surface area contributed by atoms with Crippen LogP contribution in [0.2, 0.25) is 0 Å². The van der Waals surface area contributed by atoms with Crippen LogP contribution in [0.25, 0.3) is 0 Å². The van der Waals surface area contributed by atoms with Gasteiger partial charge in [-0.15, -0.1) is 0 Å². The van der Waals surface area contributed by atoms with Crippen LogP contribution in [-0.4, -0.2) is 19.1 Å². The Morgan fingerprint density at radius 3 is 2.72 bits per heavy atom. The number of methoxy groups -OCH3 is 1. The van der Waals surface area contributed by atoms with Crippen molar-refractivity contribution in [2.24, 2.45) is 5.92 Å². The van der Waals surface area contributed by atoms with Gasteiger partial charge in [0.2, 0.25) is 0 Å². The van der Waals surface area contributed by atoms with E-state index in [1.165, 1.54) is 7.11 Å². The smallest absolute Gasteiger partial charge is 0.308 e. The van der Waals surface area contributed by atoms with Crippen LogP contribution in [0.1, 0.15) is 24.8 Å². The first-order valence-corrected chi connectivity index (χ1v) is 6.07. The van der Waals surface area contributed by atoms with Crippen molar-refractivity contribution in [1.29, 1.82) is 5.26 Å². The molecule has 0 bridgehead atoms. The number of nitrogens with one attached hydrogen (secondary N) is 1.